The molecule has 4 aromatic heterocycles. The summed E-state index contributed by atoms with van der Waals surface area (Å²) in [6.07, 6.45) is 8.07. The summed E-state index contributed by atoms with van der Waals surface area (Å²) in [6.45, 7) is 16.0. The highest BCUT2D eigenvalue weighted by atomic mass is 35.5. The van der Waals surface area contributed by atoms with Gasteiger partial charge in [0.1, 0.15) is 34.6 Å². The number of halogens is 1. The lowest BCUT2D eigenvalue weighted by Crippen LogP contribution is -2.47. The molecule has 1 aliphatic heterocycles. The SMILES string of the molecule is CCc1cccc(N(CC)C(=O)Cn2c(C(=O)NC3CCC(C(=O)NCCCCCC(=O)NCCOCCOCCC(=O)NCCOCCN4CCN(c5cc(Nc6ncc(C(=O)Nc7c(C)cccc7Cl)s6)nc(C)n5)CC4)CC3)cc3sccc32)c1. The number of hydrogen-bond donors (Lipinski definition) is 6. The normalized spacial score (nSPS) is 15.2. The number of rotatable bonds is 34. The average Bonchev–Trinajstić information content (AvgIpc) is 3.28. The summed E-state index contributed by atoms with van der Waals surface area (Å²) in [5.41, 5.74) is 4.78. The number of carbonyl (C=O) groups is 6. The highest BCUT2D eigenvalue weighted by molar-refractivity contribution is 7.17. The van der Waals surface area contributed by atoms with Gasteiger partial charge in [0.05, 0.1) is 66.8 Å². The van der Waals surface area contributed by atoms with Crippen molar-refractivity contribution >= 4 is 108 Å². The molecule has 22 nitrogen and oxygen atoms in total. The zero-order valence-corrected chi connectivity index (χ0v) is 53.4. The van der Waals surface area contributed by atoms with Crippen LogP contribution in [0.5, 0.6) is 0 Å². The molecule has 2 fully saturated rings. The number of carbonyl (C=O) groups excluding carboxylic acids is 6. The second-order valence-corrected chi connectivity index (χ2v) is 24.3. The Morgan fingerprint density at radius 2 is 1.49 bits per heavy atom. The molecule has 2 aliphatic rings. The van der Waals surface area contributed by atoms with Gasteiger partial charge < -0.3 is 60.5 Å². The molecule has 0 atom stereocenters. The Morgan fingerprint density at radius 3 is 2.24 bits per heavy atom. The van der Waals surface area contributed by atoms with Crippen LogP contribution in [0.25, 0.3) is 10.2 Å². The van der Waals surface area contributed by atoms with Crippen LogP contribution < -0.4 is 41.7 Å². The number of thiophene rings is 1. The van der Waals surface area contributed by atoms with Gasteiger partial charge in [-0.05, 0) is 113 Å². The molecule has 1 saturated heterocycles. The van der Waals surface area contributed by atoms with Crippen LogP contribution in [0.2, 0.25) is 5.02 Å². The van der Waals surface area contributed by atoms with Crippen molar-refractivity contribution < 1.29 is 43.0 Å². The molecule has 6 aromatic rings. The molecule has 2 aromatic carbocycles. The summed E-state index contributed by atoms with van der Waals surface area (Å²) in [4.78, 5) is 98.5. The van der Waals surface area contributed by atoms with Gasteiger partial charge in [0, 0.05) is 95.5 Å². The Labute approximate surface area is 528 Å². The number of unbranched alkanes of at least 4 members (excludes halogenated alkanes) is 2. The molecule has 5 heterocycles. The van der Waals surface area contributed by atoms with Crippen molar-refractivity contribution in [3.63, 3.8) is 0 Å². The number of hydrogen-bond acceptors (Lipinski definition) is 17. The van der Waals surface area contributed by atoms with Gasteiger partial charge in [-0.1, -0.05) is 60.5 Å². The molecule has 6 amide bonds. The van der Waals surface area contributed by atoms with Gasteiger partial charge in [0.15, 0.2) is 5.13 Å². The first-order chi connectivity index (χ1) is 42.7. The van der Waals surface area contributed by atoms with E-state index in [1.54, 1.807) is 22.3 Å². The summed E-state index contributed by atoms with van der Waals surface area (Å²) < 4.78 is 19.7. The van der Waals surface area contributed by atoms with Crippen molar-refractivity contribution in [3.8, 4) is 0 Å². The number of para-hydroxylation sites is 1. The summed E-state index contributed by atoms with van der Waals surface area (Å²) in [5, 5.41) is 21.1. The van der Waals surface area contributed by atoms with Gasteiger partial charge >= 0.3 is 0 Å². The van der Waals surface area contributed by atoms with E-state index in [2.05, 4.69) is 69.6 Å². The molecule has 0 spiro atoms. The zero-order chi connectivity index (χ0) is 62.2. The van der Waals surface area contributed by atoms with E-state index < -0.39 is 0 Å². The molecular weight excluding hydrogens is 1180 g/mol. The van der Waals surface area contributed by atoms with Gasteiger partial charge in [-0.3, -0.25) is 33.7 Å². The third-order valence-corrected chi connectivity index (χ3v) is 17.7. The van der Waals surface area contributed by atoms with Crippen LogP contribution in [-0.2, 0) is 46.4 Å². The van der Waals surface area contributed by atoms with Crippen LogP contribution in [0, 0.1) is 19.8 Å². The number of ether oxygens (including phenoxy) is 3. The van der Waals surface area contributed by atoms with Crippen molar-refractivity contribution in [1.82, 2.24) is 45.7 Å². The number of thiazole rings is 1. The van der Waals surface area contributed by atoms with Gasteiger partial charge in [0.2, 0.25) is 23.6 Å². The number of nitrogens with zero attached hydrogens (tertiary/aromatic N) is 7. The molecule has 0 radical (unpaired) electrons. The maximum atomic E-state index is 13.7. The predicted octanol–water partition coefficient (Wildman–Crippen LogP) is 8.29. The van der Waals surface area contributed by atoms with E-state index >= 15 is 0 Å². The van der Waals surface area contributed by atoms with Crippen LogP contribution in [-0.4, -0.2) is 164 Å². The highest BCUT2D eigenvalue weighted by Crippen LogP contribution is 2.31. The standard InChI is InChI=1S/C63H84ClN13O9S2/c1-5-45-13-11-14-48(38-45)76(6-2)58(80)42-77-50-22-37-87-52(50)39-51(77)61(82)71-47-19-17-46(18-20-47)60(81)67-23-9-7-8-16-56(78)65-25-33-86-36-35-84-31-21-57(79)66-24-32-85-34-30-74-26-28-75(29-27-74)55-40-54(69-44(4)70-55)72-63-68-41-53(88-63)62(83)73-59-43(3)12-10-15-49(59)64/h10-15,22,37-41,46-47H,5-9,16-21,23-36,42H2,1-4H3,(H,65,78)(H,66,79)(H,67,81)(H,71,82)(H,73,83)(H,68,69,70,72). The molecule has 1 saturated carbocycles. The van der Waals surface area contributed by atoms with Crippen LogP contribution in [0.1, 0.15) is 109 Å². The van der Waals surface area contributed by atoms with Gasteiger partial charge in [0.25, 0.3) is 11.8 Å². The van der Waals surface area contributed by atoms with Crippen molar-refractivity contribution in [2.45, 2.75) is 104 Å². The minimum Gasteiger partial charge on any atom is -0.379 e. The van der Waals surface area contributed by atoms with E-state index in [0.717, 1.165) is 84.8 Å². The van der Waals surface area contributed by atoms with Crippen LogP contribution in [0.3, 0.4) is 0 Å². The van der Waals surface area contributed by atoms with Crippen molar-refractivity contribution in [2.24, 2.45) is 5.92 Å². The van der Waals surface area contributed by atoms with Crippen molar-refractivity contribution in [2.75, 3.05) is 119 Å². The van der Waals surface area contributed by atoms with Crippen LogP contribution in [0.4, 0.5) is 28.1 Å². The minimum absolute atomic E-state index is 0.0338. The quantitative estimate of drug-likeness (QED) is 0.0208. The highest BCUT2D eigenvalue weighted by Gasteiger charge is 2.29. The summed E-state index contributed by atoms with van der Waals surface area (Å²) in [5.74, 6) is 1.20. The van der Waals surface area contributed by atoms with E-state index in [1.165, 1.54) is 17.5 Å². The fraction of sp³-hybridized carbons (Fsp3) is 0.508. The molecule has 8 rings (SSSR count). The predicted molar refractivity (Wildman–Crippen MR) is 346 cm³/mol. The number of nitrogens with one attached hydrogen (secondary N) is 6. The Balaban J connectivity index is 0.579. The molecule has 0 bridgehead atoms. The summed E-state index contributed by atoms with van der Waals surface area (Å²) in [7, 11) is 0. The zero-order valence-electron chi connectivity index (χ0n) is 51.0. The fourth-order valence-electron chi connectivity index (χ4n) is 10.7. The first-order valence-corrected chi connectivity index (χ1v) is 32.8. The van der Waals surface area contributed by atoms with Gasteiger partial charge in [-0.25, -0.2) is 15.0 Å². The van der Waals surface area contributed by atoms with E-state index in [-0.39, 0.29) is 67.0 Å². The Kier molecular flexibility index (Phi) is 26.3. The Morgan fingerprint density at radius 1 is 0.750 bits per heavy atom. The Hall–Kier alpha value is -7.06. The molecular formula is C63H84ClN13O9S2. The van der Waals surface area contributed by atoms with E-state index in [1.807, 2.05) is 79.2 Å². The molecule has 474 valence electrons. The average molecular weight is 1270 g/mol. The number of aryl methyl sites for hydroxylation is 3. The number of aromatic nitrogens is 4. The first kappa shape index (κ1) is 66.9. The Bertz CT molecular complexity index is 3250. The van der Waals surface area contributed by atoms with E-state index in [9.17, 15) is 28.8 Å². The monoisotopic (exact) mass is 1270 g/mol. The lowest BCUT2D eigenvalue weighted by atomic mass is 9.85. The fourth-order valence-corrected chi connectivity index (χ4v) is 12.5. The lowest BCUT2D eigenvalue weighted by molar-refractivity contribution is -0.126. The number of anilines is 5. The first-order valence-electron chi connectivity index (χ1n) is 30.7. The molecule has 1 aliphatic carbocycles. The van der Waals surface area contributed by atoms with Crippen LogP contribution in [0.15, 0.2) is 72.2 Å². The summed E-state index contributed by atoms with van der Waals surface area (Å²) >= 11 is 9.07. The maximum Gasteiger partial charge on any atom is 0.268 e. The number of likely N-dealkylation sites (N-methyl/N-ethyl adjacent to an activating group) is 1. The third kappa shape index (κ3) is 20.2. The second-order valence-electron chi connectivity index (χ2n) is 21.9. The maximum absolute atomic E-state index is 13.7. The largest absolute Gasteiger partial charge is 0.379 e. The number of piperazine rings is 1. The van der Waals surface area contributed by atoms with Gasteiger partial charge in [-0.15, -0.1) is 11.3 Å². The molecule has 25 heteroatoms. The smallest absolute Gasteiger partial charge is 0.268 e. The minimum atomic E-state index is -0.292. The van der Waals surface area contributed by atoms with E-state index in [0.29, 0.717) is 136 Å². The van der Waals surface area contributed by atoms with Gasteiger partial charge in [-0.2, -0.15) is 0 Å². The summed E-state index contributed by atoms with van der Waals surface area (Å²) in [6, 6.07) is 19.1. The number of benzene rings is 2. The lowest BCUT2D eigenvalue weighted by Gasteiger charge is -2.35. The number of amides is 6. The third-order valence-electron chi connectivity index (χ3n) is 15.6. The van der Waals surface area contributed by atoms with Crippen molar-refractivity contribution in [1.29, 1.82) is 0 Å². The molecule has 0 unspecified atom stereocenters. The van der Waals surface area contributed by atoms with Crippen molar-refractivity contribution in [3.05, 3.63) is 105 Å². The van der Waals surface area contributed by atoms with Crippen LogP contribution >= 0.6 is 34.3 Å². The van der Waals surface area contributed by atoms with E-state index in [4.69, 9.17) is 25.8 Å². The second kappa shape index (κ2) is 34.6. The molecule has 88 heavy (non-hydrogen) atoms. The number of fused-ring (bicyclic) bond motifs is 1. The molecule has 6 N–H and O–H groups in total. The topological polar surface area (TPSA) is 256 Å².